The quantitative estimate of drug-likeness (QED) is 0.891. The van der Waals surface area contributed by atoms with E-state index in [2.05, 4.69) is 0 Å². The van der Waals surface area contributed by atoms with Crippen LogP contribution in [0.25, 0.3) is 0 Å². The molecule has 0 aliphatic heterocycles. The number of amides is 1. The third kappa shape index (κ3) is 3.14. The van der Waals surface area contributed by atoms with Gasteiger partial charge in [0, 0.05) is 12.6 Å². The van der Waals surface area contributed by atoms with Gasteiger partial charge < -0.3 is 10.0 Å². The zero-order valence-corrected chi connectivity index (χ0v) is 13.2. The number of halogens is 2. The number of phenols is 1. The van der Waals surface area contributed by atoms with Crippen LogP contribution in [-0.2, 0) is 0 Å². The second-order valence-corrected chi connectivity index (χ2v) is 5.43. The van der Waals surface area contributed by atoms with Crippen LogP contribution in [0.15, 0.2) is 36.4 Å². The van der Waals surface area contributed by atoms with Crippen LogP contribution in [0.4, 0.5) is 5.69 Å². The molecule has 0 aromatic heterocycles. The molecule has 0 atom stereocenters. The first kappa shape index (κ1) is 15.7. The Hall–Kier alpha value is -1.71. The van der Waals surface area contributed by atoms with E-state index in [0.29, 0.717) is 22.3 Å². The molecule has 2 aromatic rings. The number of anilines is 1. The molecule has 0 heterocycles. The second-order valence-electron chi connectivity index (χ2n) is 4.62. The van der Waals surface area contributed by atoms with E-state index in [1.165, 1.54) is 0 Å². The van der Waals surface area contributed by atoms with E-state index in [1.54, 1.807) is 41.3 Å². The molecular formula is C16H15Cl2NO2. The van der Waals surface area contributed by atoms with Gasteiger partial charge in [0.25, 0.3) is 5.91 Å². The largest absolute Gasteiger partial charge is 0.508 e. The molecule has 0 aliphatic carbocycles. The number of aromatic hydroxyl groups is 1. The summed E-state index contributed by atoms with van der Waals surface area (Å²) in [6, 6.07) is 9.85. The highest BCUT2D eigenvalue weighted by Crippen LogP contribution is 2.30. The van der Waals surface area contributed by atoms with Crippen LogP contribution >= 0.6 is 23.2 Å². The highest BCUT2D eigenvalue weighted by atomic mass is 35.5. The van der Waals surface area contributed by atoms with Crippen LogP contribution < -0.4 is 4.90 Å². The van der Waals surface area contributed by atoms with Crippen molar-refractivity contribution in [1.82, 2.24) is 0 Å². The summed E-state index contributed by atoms with van der Waals surface area (Å²) in [5, 5.41) is 10.3. The van der Waals surface area contributed by atoms with Crippen molar-refractivity contribution in [3.63, 3.8) is 0 Å². The Morgan fingerprint density at radius 2 is 1.81 bits per heavy atom. The molecule has 0 aliphatic rings. The van der Waals surface area contributed by atoms with E-state index in [1.807, 2.05) is 13.8 Å². The van der Waals surface area contributed by atoms with Crippen molar-refractivity contribution in [2.24, 2.45) is 0 Å². The molecule has 1 amide bonds. The normalized spacial score (nSPS) is 10.5. The smallest absolute Gasteiger partial charge is 0.261 e. The molecule has 0 saturated carbocycles. The molecule has 0 fully saturated rings. The van der Waals surface area contributed by atoms with Gasteiger partial charge in [-0.2, -0.15) is 0 Å². The van der Waals surface area contributed by atoms with Gasteiger partial charge in [-0.25, -0.2) is 0 Å². The van der Waals surface area contributed by atoms with E-state index in [0.717, 1.165) is 5.56 Å². The van der Waals surface area contributed by atoms with Crippen LogP contribution in [-0.4, -0.2) is 17.6 Å². The zero-order valence-electron chi connectivity index (χ0n) is 11.7. The fraction of sp³-hybridized carbons (Fsp3) is 0.188. The van der Waals surface area contributed by atoms with Gasteiger partial charge >= 0.3 is 0 Å². The van der Waals surface area contributed by atoms with Gasteiger partial charge in [-0.15, -0.1) is 0 Å². The number of aryl methyl sites for hydroxylation is 1. The molecule has 2 aromatic carbocycles. The minimum Gasteiger partial charge on any atom is -0.508 e. The molecule has 0 radical (unpaired) electrons. The second kappa shape index (κ2) is 6.37. The van der Waals surface area contributed by atoms with Crippen LogP contribution in [0.2, 0.25) is 10.0 Å². The molecule has 110 valence electrons. The van der Waals surface area contributed by atoms with Gasteiger partial charge in [-0.3, -0.25) is 4.79 Å². The molecule has 1 N–H and O–H groups in total. The van der Waals surface area contributed by atoms with Crippen LogP contribution in [0, 0.1) is 6.92 Å². The monoisotopic (exact) mass is 323 g/mol. The minimum absolute atomic E-state index is 0.104. The number of rotatable bonds is 3. The van der Waals surface area contributed by atoms with E-state index < -0.39 is 0 Å². The third-order valence-electron chi connectivity index (χ3n) is 3.22. The first-order chi connectivity index (χ1) is 9.95. The van der Waals surface area contributed by atoms with Gasteiger partial charge in [0.1, 0.15) is 5.75 Å². The standard InChI is InChI=1S/C16H15Cl2NO2/c1-3-19(14-9-11(20)8-7-10(14)2)16(21)15-12(17)5-4-6-13(15)18/h4-9,20H,3H2,1-2H3. The SMILES string of the molecule is CCN(C(=O)c1c(Cl)cccc1Cl)c1cc(O)ccc1C. The molecule has 5 heteroatoms. The first-order valence-corrected chi connectivity index (χ1v) is 7.26. The lowest BCUT2D eigenvalue weighted by atomic mass is 10.1. The Morgan fingerprint density at radius 3 is 2.38 bits per heavy atom. The maximum atomic E-state index is 12.8. The predicted octanol–water partition coefficient (Wildman–Crippen LogP) is 4.67. The van der Waals surface area contributed by atoms with E-state index in [-0.39, 0.29) is 17.2 Å². The van der Waals surface area contributed by atoms with Crippen LogP contribution in [0.5, 0.6) is 5.75 Å². The number of phenolic OH excluding ortho intramolecular Hbond substituents is 1. The Kier molecular flexibility index (Phi) is 4.76. The number of hydrogen-bond acceptors (Lipinski definition) is 2. The maximum Gasteiger partial charge on any atom is 0.261 e. The van der Waals surface area contributed by atoms with Crippen molar-refractivity contribution in [2.75, 3.05) is 11.4 Å². The highest BCUT2D eigenvalue weighted by Gasteiger charge is 2.22. The number of nitrogens with zero attached hydrogens (tertiary/aromatic N) is 1. The lowest BCUT2D eigenvalue weighted by Crippen LogP contribution is -2.31. The molecule has 21 heavy (non-hydrogen) atoms. The molecule has 0 spiro atoms. The number of carbonyl (C=O) groups excluding carboxylic acids is 1. The Labute approximate surface area is 133 Å². The molecule has 0 saturated heterocycles. The summed E-state index contributed by atoms with van der Waals surface area (Å²) < 4.78 is 0. The predicted molar refractivity (Wildman–Crippen MR) is 86.7 cm³/mol. The lowest BCUT2D eigenvalue weighted by Gasteiger charge is -2.24. The summed E-state index contributed by atoms with van der Waals surface area (Å²) in [5.74, 6) is -0.186. The molecule has 2 rings (SSSR count). The van der Waals surface area contributed by atoms with Gasteiger partial charge in [-0.05, 0) is 37.6 Å². The summed E-state index contributed by atoms with van der Waals surface area (Å²) >= 11 is 12.2. The van der Waals surface area contributed by atoms with Crippen LogP contribution in [0.3, 0.4) is 0 Å². The maximum absolute atomic E-state index is 12.8. The van der Waals surface area contributed by atoms with Gasteiger partial charge in [0.05, 0.1) is 21.3 Å². The average molecular weight is 324 g/mol. The number of carbonyl (C=O) groups is 1. The highest BCUT2D eigenvalue weighted by molar-refractivity contribution is 6.40. The van der Waals surface area contributed by atoms with Gasteiger partial charge in [0.2, 0.25) is 0 Å². The van der Waals surface area contributed by atoms with Gasteiger partial charge in [0.15, 0.2) is 0 Å². The fourth-order valence-electron chi connectivity index (χ4n) is 2.15. The van der Waals surface area contributed by atoms with Crippen molar-refractivity contribution in [2.45, 2.75) is 13.8 Å². The number of benzene rings is 2. The van der Waals surface area contributed by atoms with Crippen molar-refractivity contribution in [3.05, 3.63) is 57.6 Å². The third-order valence-corrected chi connectivity index (χ3v) is 3.85. The summed E-state index contributed by atoms with van der Waals surface area (Å²) in [6.45, 7) is 4.16. The molecule has 0 bridgehead atoms. The topological polar surface area (TPSA) is 40.5 Å². The zero-order chi connectivity index (χ0) is 15.6. The first-order valence-electron chi connectivity index (χ1n) is 6.51. The van der Waals surface area contributed by atoms with Gasteiger partial charge in [-0.1, -0.05) is 35.3 Å². The molecule has 0 unspecified atom stereocenters. The minimum atomic E-state index is -0.290. The summed E-state index contributed by atoms with van der Waals surface area (Å²) in [5.41, 5.74) is 1.79. The summed E-state index contributed by atoms with van der Waals surface area (Å²) in [7, 11) is 0. The average Bonchev–Trinajstić information content (AvgIpc) is 2.43. The van der Waals surface area contributed by atoms with E-state index in [9.17, 15) is 9.90 Å². The van der Waals surface area contributed by atoms with E-state index in [4.69, 9.17) is 23.2 Å². The van der Waals surface area contributed by atoms with Crippen molar-refractivity contribution in [1.29, 1.82) is 0 Å². The Morgan fingerprint density at radius 1 is 1.19 bits per heavy atom. The fourth-order valence-corrected chi connectivity index (χ4v) is 2.71. The van der Waals surface area contributed by atoms with Crippen molar-refractivity contribution in [3.8, 4) is 5.75 Å². The molecular weight excluding hydrogens is 309 g/mol. The van der Waals surface area contributed by atoms with E-state index >= 15 is 0 Å². The Bertz CT molecular complexity index is 666. The lowest BCUT2D eigenvalue weighted by molar-refractivity contribution is 0.0988. The Balaban J connectivity index is 2.51. The summed E-state index contributed by atoms with van der Waals surface area (Å²) in [4.78, 5) is 14.3. The summed E-state index contributed by atoms with van der Waals surface area (Å²) in [6.07, 6.45) is 0. The van der Waals surface area contributed by atoms with Crippen molar-refractivity contribution < 1.29 is 9.90 Å². The van der Waals surface area contributed by atoms with Crippen LogP contribution in [0.1, 0.15) is 22.8 Å². The number of hydrogen-bond donors (Lipinski definition) is 1. The molecule has 3 nitrogen and oxygen atoms in total. The van der Waals surface area contributed by atoms with Crippen molar-refractivity contribution >= 4 is 34.8 Å².